The molecule has 1 aliphatic rings. The molecule has 18 heavy (non-hydrogen) atoms. The molecule has 1 unspecified atom stereocenters. The first-order valence-electron chi connectivity index (χ1n) is 5.95. The number of alkyl halides is 1. The van der Waals surface area contributed by atoms with E-state index in [1.165, 1.54) is 11.3 Å². The number of hydrogen-bond acceptors (Lipinski definition) is 2. The minimum absolute atomic E-state index is 0.0280. The van der Waals surface area contributed by atoms with Gasteiger partial charge in [0.1, 0.15) is 4.34 Å². The van der Waals surface area contributed by atoms with Crippen molar-refractivity contribution < 1.29 is 4.79 Å². The van der Waals surface area contributed by atoms with Gasteiger partial charge in [0, 0.05) is 17.9 Å². The summed E-state index contributed by atoms with van der Waals surface area (Å²) in [5, 5.41) is 0.983. The molecule has 0 bridgehead atoms. The zero-order valence-electron chi connectivity index (χ0n) is 9.79. The van der Waals surface area contributed by atoms with E-state index in [1.807, 2.05) is 4.90 Å². The number of hydrogen-bond donors (Lipinski definition) is 0. The fraction of sp³-hybridized carbons (Fsp3) is 0.583. The van der Waals surface area contributed by atoms with E-state index in [9.17, 15) is 4.79 Å². The second-order valence-corrected chi connectivity index (χ2v) is 7.44. The SMILES string of the molecule is O=C(c1cc(Cl)sc1Cl)N1CCCC1CCCBr. The lowest BCUT2D eigenvalue weighted by Gasteiger charge is -2.24. The van der Waals surface area contributed by atoms with Gasteiger partial charge in [-0.15, -0.1) is 11.3 Å². The third-order valence-corrected chi connectivity index (χ3v) is 5.24. The third-order valence-electron chi connectivity index (χ3n) is 3.20. The highest BCUT2D eigenvalue weighted by atomic mass is 79.9. The summed E-state index contributed by atoms with van der Waals surface area (Å²) in [4.78, 5) is 14.4. The summed E-state index contributed by atoms with van der Waals surface area (Å²) in [7, 11) is 0. The molecule has 100 valence electrons. The quantitative estimate of drug-likeness (QED) is 0.694. The van der Waals surface area contributed by atoms with E-state index >= 15 is 0 Å². The summed E-state index contributed by atoms with van der Waals surface area (Å²) in [6.45, 7) is 0.829. The molecule has 2 heterocycles. The van der Waals surface area contributed by atoms with Crippen LogP contribution in [0.5, 0.6) is 0 Å². The van der Waals surface area contributed by atoms with E-state index in [1.54, 1.807) is 6.07 Å². The largest absolute Gasteiger partial charge is 0.336 e. The van der Waals surface area contributed by atoms with Crippen LogP contribution < -0.4 is 0 Å². The minimum atomic E-state index is 0.0280. The molecule has 0 aromatic carbocycles. The second kappa shape index (κ2) is 6.60. The van der Waals surface area contributed by atoms with Crippen LogP contribution in [0, 0.1) is 0 Å². The van der Waals surface area contributed by atoms with Crippen molar-refractivity contribution in [3.8, 4) is 0 Å². The van der Waals surface area contributed by atoms with E-state index in [0.29, 0.717) is 20.3 Å². The summed E-state index contributed by atoms with van der Waals surface area (Å²) in [5.74, 6) is 0.0280. The number of nitrogens with zero attached hydrogens (tertiary/aromatic N) is 1. The molecular formula is C12H14BrCl2NOS. The number of carbonyl (C=O) groups excluding carboxylic acids is 1. The molecule has 0 N–H and O–H groups in total. The van der Waals surface area contributed by atoms with Gasteiger partial charge in [0.2, 0.25) is 0 Å². The van der Waals surface area contributed by atoms with Gasteiger partial charge in [-0.05, 0) is 31.7 Å². The van der Waals surface area contributed by atoms with Crippen LogP contribution in [-0.4, -0.2) is 28.7 Å². The number of thiophene rings is 1. The monoisotopic (exact) mass is 369 g/mol. The highest BCUT2D eigenvalue weighted by Gasteiger charge is 2.30. The molecule has 2 rings (SSSR count). The van der Waals surface area contributed by atoms with Crippen molar-refractivity contribution in [2.45, 2.75) is 31.7 Å². The first-order valence-corrected chi connectivity index (χ1v) is 8.64. The Labute approximate surface area is 129 Å². The van der Waals surface area contributed by atoms with Crippen LogP contribution in [0.4, 0.5) is 0 Å². The molecule has 1 fully saturated rings. The summed E-state index contributed by atoms with van der Waals surface area (Å²) in [5.41, 5.74) is 0.553. The molecule has 1 amide bonds. The van der Waals surface area contributed by atoms with Gasteiger partial charge in [-0.1, -0.05) is 39.1 Å². The van der Waals surface area contributed by atoms with Crippen LogP contribution in [-0.2, 0) is 0 Å². The maximum atomic E-state index is 12.4. The van der Waals surface area contributed by atoms with E-state index in [0.717, 1.165) is 37.6 Å². The van der Waals surface area contributed by atoms with Crippen LogP contribution in [0.15, 0.2) is 6.07 Å². The Morgan fingerprint density at radius 3 is 2.94 bits per heavy atom. The van der Waals surface area contributed by atoms with Gasteiger partial charge in [0.05, 0.1) is 9.90 Å². The predicted molar refractivity (Wildman–Crippen MR) is 81.4 cm³/mol. The van der Waals surface area contributed by atoms with E-state index in [2.05, 4.69) is 15.9 Å². The van der Waals surface area contributed by atoms with Crippen molar-refractivity contribution in [2.24, 2.45) is 0 Å². The Kier molecular flexibility index (Phi) is 5.36. The smallest absolute Gasteiger partial charge is 0.256 e. The Morgan fingerprint density at radius 2 is 2.33 bits per heavy atom. The average molecular weight is 371 g/mol. The van der Waals surface area contributed by atoms with E-state index in [4.69, 9.17) is 23.2 Å². The fourth-order valence-corrected chi connectivity index (χ4v) is 4.13. The van der Waals surface area contributed by atoms with Crippen LogP contribution in [0.1, 0.15) is 36.0 Å². The first kappa shape index (κ1) is 14.6. The molecule has 6 heteroatoms. The Hall–Kier alpha value is 0.230. The molecule has 0 spiro atoms. The molecule has 0 aliphatic carbocycles. The molecular weight excluding hydrogens is 357 g/mol. The maximum Gasteiger partial charge on any atom is 0.256 e. The molecule has 0 saturated carbocycles. The van der Waals surface area contributed by atoms with Crippen molar-refractivity contribution in [1.82, 2.24) is 4.90 Å². The number of rotatable bonds is 4. The molecule has 1 aliphatic heterocycles. The normalized spacial score (nSPS) is 19.5. The molecule has 0 radical (unpaired) electrons. The van der Waals surface area contributed by atoms with E-state index < -0.39 is 0 Å². The fourth-order valence-electron chi connectivity index (χ4n) is 2.36. The van der Waals surface area contributed by atoms with Gasteiger partial charge in [-0.2, -0.15) is 0 Å². The van der Waals surface area contributed by atoms with Crippen LogP contribution >= 0.6 is 50.5 Å². The topological polar surface area (TPSA) is 20.3 Å². The summed E-state index contributed by atoms with van der Waals surface area (Å²) >= 11 is 16.6. The molecule has 1 aromatic heterocycles. The molecule has 1 atom stereocenters. The van der Waals surface area contributed by atoms with Crippen molar-refractivity contribution >= 4 is 56.4 Å². The van der Waals surface area contributed by atoms with Gasteiger partial charge in [-0.3, -0.25) is 4.79 Å². The van der Waals surface area contributed by atoms with Gasteiger partial charge in [0.15, 0.2) is 0 Å². The van der Waals surface area contributed by atoms with Crippen LogP contribution in [0.3, 0.4) is 0 Å². The Bertz CT molecular complexity index is 438. The number of carbonyl (C=O) groups is 1. The van der Waals surface area contributed by atoms with Crippen LogP contribution in [0.2, 0.25) is 8.67 Å². The van der Waals surface area contributed by atoms with Gasteiger partial charge >= 0.3 is 0 Å². The molecule has 2 nitrogen and oxygen atoms in total. The highest BCUT2D eigenvalue weighted by Crippen LogP contribution is 2.34. The Morgan fingerprint density at radius 1 is 1.56 bits per heavy atom. The number of halogens is 3. The van der Waals surface area contributed by atoms with Crippen molar-refractivity contribution in [2.75, 3.05) is 11.9 Å². The average Bonchev–Trinajstić information content (AvgIpc) is 2.92. The van der Waals surface area contributed by atoms with Crippen LogP contribution in [0.25, 0.3) is 0 Å². The van der Waals surface area contributed by atoms with Crippen molar-refractivity contribution in [3.63, 3.8) is 0 Å². The van der Waals surface area contributed by atoms with E-state index in [-0.39, 0.29) is 5.91 Å². The zero-order chi connectivity index (χ0) is 13.1. The van der Waals surface area contributed by atoms with Crippen molar-refractivity contribution in [1.29, 1.82) is 0 Å². The molecule has 1 saturated heterocycles. The second-order valence-electron chi connectivity index (χ2n) is 4.36. The standard InChI is InChI=1S/C12H14BrCl2NOS/c13-5-1-3-8-4-2-6-16(8)12(17)9-7-10(14)18-11(9)15/h7-8H,1-6H2. The lowest BCUT2D eigenvalue weighted by molar-refractivity contribution is 0.0731. The van der Waals surface area contributed by atoms with Gasteiger partial charge < -0.3 is 4.90 Å². The lowest BCUT2D eigenvalue weighted by atomic mass is 10.1. The first-order chi connectivity index (χ1) is 8.63. The maximum absolute atomic E-state index is 12.4. The van der Waals surface area contributed by atoms with Gasteiger partial charge in [-0.25, -0.2) is 0 Å². The predicted octanol–water partition coefficient (Wildman–Crippen LogP) is 4.83. The summed E-state index contributed by atoms with van der Waals surface area (Å²) in [6.07, 6.45) is 4.31. The zero-order valence-corrected chi connectivity index (χ0v) is 13.7. The summed E-state index contributed by atoms with van der Waals surface area (Å²) in [6, 6.07) is 2.03. The van der Waals surface area contributed by atoms with Crippen molar-refractivity contribution in [3.05, 3.63) is 20.3 Å². The minimum Gasteiger partial charge on any atom is -0.336 e. The third kappa shape index (κ3) is 3.21. The highest BCUT2D eigenvalue weighted by molar-refractivity contribution is 9.09. The summed E-state index contributed by atoms with van der Waals surface area (Å²) < 4.78 is 1.07. The van der Waals surface area contributed by atoms with Gasteiger partial charge in [0.25, 0.3) is 5.91 Å². The number of amides is 1. The lowest BCUT2D eigenvalue weighted by Crippen LogP contribution is -2.35. The Balaban J connectivity index is 2.10. The number of likely N-dealkylation sites (tertiary alicyclic amines) is 1. The molecule has 1 aromatic rings.